The fourth-order valence-corrected chi connectivity index (χ4v) is 3.14. The van der Waals surface area contributed by atoms with Crippen LogP contribution in [0.2, 0.25) is 0 Å². The summed E-state index contributed by atoms with van der Waals surface area (Å²) >= 11 is 0. The summed E-state index contributed by atoms with van der Waals surface area (Å²) in [5.74, 6) is 0. The van der Waals surface area contributed by atoms with Crippen LogP contribution in [0.25, 0.3) is 11.0 Å². The van der Waals surface area contributed by atoms with E-state index in [1.807, 2.05) is 0 Å². The van der Waals surface area contributed by atoms with Gasteiger partial charge in [-0.1, -0.05) is 36.4 Å². The third-order valence-corrected chi connectivity index (χ3v) is 4.21. The molecule has 4 nitrogen and oxygen atoms in total. The number of ether oxygens (including phenoxy) is 1. The fraction of sp³-hybridized carbons (Fsp3) is 0.278. The minimum Gasteiger partial charge on any atom is -0.374 e. The lowest BCUT2D eigenvalue weighted by Gasteiger charge is -2.34. The van der Waals surface area contributed by atoms with E-state index in [1.165, 1.54) is 11.3 Å². The first-order valence-electron chi connectivity index (χ1n) is 7.73. The van der Waals surface area contributed by atoms with Gasteiger partial charge in [0.1, 0.15) is 5.52 Å². The maximum atomic E-state index is 5.96. The number of nitrogens with one attached hydrogen (secondary N) is 1. The Bertz CT molecular complexity index is 753. The Hall–Kier alpha value is -2.33. The molecule has 2 heterocycles. The number of fused-ring (bicyclic) bond motifs is 1. The van der Waals surface area contributed by atoms with Gasteiger partial charge in [-0.15, -0.1) is 0 Å². The van der Waals surface area contributed by atoms with Gasteiger partial charge in [0.15, 0.2) is 0 Å². The number of hydrogen-bond acceptors (Lipinski definition) is 3. The van der Waals surface area contributed by atoms with Crippen molar-refractivity contribution in [3.63, 3.8) is 0 Å². The SMILES string of the molecule is c1ccc(C[C@H]2CN(c3cccc4[nH]cnc34)CCO2)cc1. The van der Waals surface area contributed by atoms with Gasteiger partial charge < -0.3 is 14.6 Å². The highest BCUT2D eigenvalue weighted by Crippen LogP contribution is 2.26. The number of imidazole rings is 1. The van der Waals surface area contributed by atoms with Gasteiger partial charge in [0.25, 0.3) is 0 Å². The van der Waals surface area contributed by atoms with Crippen molar-refractivity contribution in [1.29, 1.82) is 0 Å². The summed E-state index contributed by atoms with van der Waals surface area (Å²) in [5, 5.41) is 0. The quantitative estimate of drug-likeness (QED) is 0.807. The molecule has 1 aromatic heterocycles. The molecule has 0 amide bonds. The second-order valence-electron chi connectivity index (χ2n) is 5.70. The highest BCUT2D eigenvalue weighted by Gasteiger charge is 2.22. The standard InChI is InChI=1S/C18H19N3O/c1-2-5-14(6-3-1)11-15-12-21(9-10-22-15)17-8-4-7-16-18(17)20-13-19-16/h1-8,13,15H,9-12H2,(H,19,20)/t15-/m0/s1. The third kappa shape index (κ3) is 2.57. The van der Waals surface area contributed by atoms with E-state index in [0.717, 1.165) is 37.2 Å². The third-order valence-electron chi connectivity index (χ3n) is 4.21. The lowest BCUT2D eigenvalue weighted by molar-refractivity contribution is 0.0412. The van der Waals surface area contributed by atoms with Gasteiger partial charge >= 0.3 is 0 Å². The van der Waals surface area contributed by atoms with E-state index < -0.39 is 0 Å². The van der Waals surface area contributed by atoms with Gasteiger partial charge in [-0.05, 0) is 17.7 Å². The second-order valence-corrected chi connectivity index (χ2v) is 5.70. The Labute approximate surface area is 129 Å². The summed E-state index contributed by atoms with van der Waals surface area (Å²) in [4.78, 5) is 10.0. The molecule has 1 aliphatic rings. The Balaban J connectivity index is 1.55. The molecule has 4 heteroatoms. The first-order chi connectivity index (χ1) is 10.9. The molecule has 0 aliphatic carbocycles. The molecule has 0 saturated carbocycles. The molecule has 1 fully saturated rings. The Kier molecular flexibility index (Phi) is 3.52. The monoisotopic (exact) mass is 293 g/mol. The van der Waals surface area contributed by atoms with Crippen LogP contribution in [-0.4, -0.2) is 35.8 Å². The maximum absolute atomic E-state index is 5.96. The lowest BCUT2D eigenvalue weighted by Crippen LogP contribution is -2.43. The van der Waals surface area contributed by atoms with Crippen molar-refractivity contribution in [3.05, 3.63) is 60.4 Å². The molecule has 4 rings (SSSR count). The Morgan fingerprint density at radius 3 is 2.95 bits per heavy atom. The number of aromatic nitrogens is 2. The van der Waals surface area contributed by atoms with E-state index in [-0.39, 0.29) is 6.10 Å². The van der Waals surface area contributed by atoms with Crippen LogP contribution in [0.15, 0.2) is 54.9 Å². The summed E-state index contributed by atoms with van der Waals surface area (Å²) in [7, 11) is 0. The lowest BCUT2D eigenvalue weighted by atomic mass is 10.1. The Morgan fingerprint density at radius 2 is 2.05 bits per heavy atom. The van der Waals surface area contributed by atoms with Crippen molar-refractivity contribution in [2.75, 3.05) is 24.6 Å². The van der Waals surface area contributed by atoms with Crippen LogP contribution >= 0.6 is 0 Å². The minimum atomic E-state index is 0.227. The molecule has 0 spiro atoms. The number of benzene rings is 2. The maximum Gasteiger partial charge on any atom is 0.112 e. The van der Waals surface area contributed by atoms with Crippen LogP contribution in [0.5, 0.6) is 0 Å². The molecule has 1 N–H and O–H groups in total. The summed E-state index contributed by atoms with van der Waals surface area (Å²) in [6.07, 6.45) is 2.94. The minimum absolute atomic E-state index is 0.227. The van der Waals surface area contributed by atoms with Crippen molar-refractivity contribution in [3.8, 4) is 0 Å². The van der Waals surface area contributed by atoms with Crippen LogP contribution in [0.4, 0.5) is 5.69 Å². The summed E-state index contributed by atoms with van der Waals surface area (Å²) in [5.41, 5.74) is 4.65. The highest BCUT2D eigenvalue weighted by atomic mass is 16.5. The molecule has 1 saturated heterocycles. The van der Waals surface area contributed by atoms with Crippen LogP contribution in [0.3, 0.4) is 0 Å². The molecule has 112 valence electrons. The van der Waals surface area contributed by atoms with Crippen LogP contribution in [0.1, 0.15) is 5.56 Å². The van der Waals surface area contributed by atoms with E-state index >= 15 is 0 Å². The molecule has 2 aromatic carbocycles. The number of rotatable bonds is 3. The average Bonchev–Trinajstić information content (AvgIpc) is 3.04. The number of anilines is 1. The van der Waals surface area contributed by atoms with Gasteiger partial charge in [0.2, 0.25) is 0 Å². The van der Waals surface area contributed by atoms with E-state index in [1.54, 1.807) is 6.33 Å². The predicted molar refractivity (Wildman–Crippen MR) is 88.2 cm³/mol. The zero-order valence-corrected chi connectivity index (χ0v) is 12.4. The van der Waals surface area contributed by atoms with Crippen molar-refractivity contribution >= 4 is 16.7 Å². The van der Waals surface area contributed by atoms with Gasteiger partial charge in [-0.2, -0.15) is 0 Å². The number of H-pyrrole nitrogens is 1. The fourth-order valence-electron chi connectivity index (χ4n) is 3.14. The number of para-hydroxylation sites is 1. The van der Waals surface area contributed by atoms with Gasteiger partial charge in [-0.25, -0.2) is 4.98 Å². The van der Waals surface area contributed by atoms with E-state index in [0.29, 0.717) is 0 Å². The topological polar surface area (TPSA) is 41.2 Å². The van der Waals surface area contributed by atoms with E-state index in [4.69, 9.17) is 4.74 Å². The van der Waals surface area contributed by atoms with E-state index in [2.05, 4.69) is 63.4 Å². The van der Waals surface area contributed by atoms with Crippen molar-refractivity contribution in [2.45, 2.75) is 12.5 Å². The molecule has 0 radical (unpaired) electrons. The molecule has 3 aromatic rings. The highest BCUT2D eigenvalue weighted by molar-refractivity contribution is 5.88. The zero-order chi connectivity index (χ0) is 14.8. The molecule has 1 aliphatic heterocycles. The van der Waals surface area contributed by atoms with Gasteiger partial charge in [-0.3, -0.25) is 0 Å². The number of aromatic amines is 1. The van der Waals surface area contributed by atoms with Gasteiger partial charge in [0, 0.05) is 19.5 Å². The van der Waals surface area contributed by atoms with E-state index in [9.17, 15) is 0 Å². The molecular formula is C18H19N3O. The van der Waals surface area contributed by atoms with Crippen molar-refractivity contribution in [1.82, 2.24) is 9.97 Å². The smallest absolute Gasteiger partial charge is 0.112 e. The summed E-state index contributed by atoms with van der Waals surface area (Å²) in [6, 6.07) is 16.8. The molecule has 22 heavy (non-hydrogen) atoms. The molecule has 0 bridgehead atoms. The van der Waals surface area contributed by atoms with Crippen LogP contribution in [0, 0.1) is 0 Å². The normalized spacial score (nSPS) is 18.7. The molecule has 0 unspecified atom stereocenters. The van der Waals surface area contributed by atoms with Crippen molar-refractivity contribution < 1.29 is 4.74 Å². The zero-order valence-electron chi connectivity index (χ0n) is 12.4. The van der Waals surface area contributed by atoms with Crippen LogP contribution < -0.4 is 4.90 Å². The average molecular weight is 293 g/mol. The largest absolute Gasteiger partial charge is 0.374 e. The number of morpholine rings is 1. The van der Waals surface area contributed by atoms with Gasteiger partial charge in [0.05, 0.1) is 30.2 Å². The Morgan fingerprint density at radius 1 is 1.14 bits per heavy atom. The van der Waals surface area contributed by atoms with Crippen molar-refractivity contribution in [2.24, 2.45) is 0 Å². The first-order valence-corrected chi connectivity index (χ1v) is 7.73. The second kappa shape index (κ2) is 5.81. The van der Waals surface area contributed by atoms with Crippen LogP contribution in [-0.2, 0) is 11.2 Å². The molecule has 1 atom stereocenters. The number of nitrogens with zero attached hydrogens (tertiary/aromatic N) is 2. The first kappa shape index (κ1) is 13.3. The summed E-state index contributed by atoms with van der Waals surface area (Å²) < 4.78 is 5.96. The summed E-state index contributed by atoms with van der Waals surface area (Å²) in [6.45, 7) is 2.58. The number of hydrogen-bond donors (Lipinski definition) is 1. The predicted octanol–water partition coefficient (Wildman–Crippen LogP) is 3.01. The molecular weight excluding hydrogens is 274 g/mol.